The fourth-order valence-electron chi connectivity index (χ4n) is 10.2. The van der Waals surface area contributed by atoms with Crippen LogP contribution < -0.4 is 21.6 Å². The summed E-state index contributed by atoms with van der Waals surface area (Å²) in [5.74, 6) is 0.374. The molecule has 0 radical (unpaired) electrons. The van der Waals surface area contributed by atoms with Gasteiger partial charge in [-0.25, -0.2) is 9.59 Å². The van der Waals surface area contributed by atoms with Gasteiger partial charge in [-0.1, -0.05) is 13.8 Å². The third kappa shape index (κ3) is 4.90. The van der Waals surface area contributed by atoms with E-state index in [1.165, 1.54) is 19.3 Å². The fourth-order valence-corrected chi connectivity index (χ4v) is 10.2. The van der Waals surface area contributed by atoms with Gasteiger partial charge in [0, 0.05) is 42.8 Å². The van der Waals surface area contributed by atoms with Crippen molar-refractivity contribution < 1.29 is 23.8 Å². The maximum Gasteiger partial charge on any atom is 0.335 e. The summed E-state index contributed by atoms with van der Waals surface area (Å²) in [6, 6.07) is 3.57. The van der Waals surface area contributed by atoms with E-state index in [1.54, 1.807) is 6.07 Å². The second kappa shape index (κ2) is 10.7. The molecule has 0 spiro atoms. The van der Waals surface area contributed by atoms with Gasteiger partial charge in [-0.05, 0) is 106 Å². The number of carbonyl (C=O) groups excluding carboxylic acids is 2. The SMILES string of the molecule is CC(=O)OC1CC2(O)C3CCC4CC(NC(=O)NC5CCNCC5)CCC4(C)C3CCC2(C)C1c1ccc(=O)oc1. The summed E-state index contributed by atoms with van der Waals surface area (Å²) in [6.45, 7) is 7.90. The van der Waals surface area contributed by atoms with E-state index in [2.05, 4.69) is 29.8 Å². The Hall–Kier alpha value is -2.39. The first-order valence-corrected chi connectivity index (χ1v) is 15.8. The molecule has 9 atom stereocenters. The number of esters is 1. The van der Waals surface area contributed by atoms with Crippen LogP contribution in [0.3, 0.4) is 0 Å². The predicted octanol–water partition coefficient (Wildman–Crippen LogP) is 3.84. The van der Waals surface area contributed by atoms with Crippen LogP contribution in [0.15, 0.2) is 27.6 Å². The predicted molar refractivity (Wildman–Crippen MR) is 153 cm³/mol. The van der Waals surface area contributed by atoms with Crippen molar-refractivity contribution in [1.29, 1.82) is 0 Å². The summed E-state index contributed by atoms with van der Waals surface area (Å²) in [7, 11) is 0. The van der Waals surface area contributed by atoms with E-state index in [0.717, 1.165) is 76.4 Å². The quantitative estimate of drug-likeness (QED) is 0.406. The van der Waals surface area contributed by atoms with E-state index >= 15 is 0 Å². The molecular formula is C32H47N3O6. The molecule has 9 heteroatoms. The van der Waals surface area contributed by atoms with Gasteiger partial charge in [0.25, 0.3) is 0 Å². The lowest BCUT2D eigenvalue weighted by Gasteiger charge is -2.63. The van der Waals surface area contributed by atoms with Crippen molar-refractivity contribution >= 4 is 12.0 Å². The zero-order valence-corrected chi connectivity index (χ0v) is 24.7. The van der Waals surface area contributed by atoms with Crippen molar-refractivity contribution in [2.75, 3.05) is 13.1 Å². The highest BCUT2D eigenvalue weighted by molar-refractivity contribution is 5.74. The highest BCUT2D eigenvalue weighted by atomic mass is 16.5. The second-order valence-electron chi connectivity index (χ2n) is 14.2. The number of amides is 2. The number of rotatable bonds is 4. The number of hydrogen-bond donors (Lipinski definition) is 4. The van der Waals surface area contributed by atoms with Crippen molar-refractivity contribution in [2.45, 2.75) is 115 Å². The summed E-state index contributed by atoms with van der Waals surface area (Å²) in [6.07, 6.45) is 10.1. The van der Waals surface area contributed by atoms with Crippen LogP contribution in [0.25, 0.3) is 0 Å². The first-order chi connectivity index (χ1) is 19.5. The summed E-state index contributed by atoms with van der Waals surface area (Å²) >= 11 is 0. The zero-order chi connectivity index (χ0) is 29.0. The molecule has 4 aliphatic carbocycles. The molecular weight excluding hydrogens is 522 g/mol. The molecule has 2 heterocycles. The number of urea groups is 1. The van der Waals surface area contributed by atoms with E-state index in [4.69, 9.17) is 9.15 Å². The lowest BCUT2D eigenvalue weighted by molar-refractivity contribution is -0.202. The van der Waals surface area contributed by atoms with Crippen molar-refractivity contribution in [2.24, 2.45) is 28.6 Å². The third-order valence-electron chi connectivity index (χ3n) is 12.2. The highest BCUT2D eigenvalue weighted by Crippen LogP contribution is 2.70. The molecule has 2 amide bonds. The van der Waals surface area contributed by atoms with E-state index in [-0.39, 0.29) is 41.3 Å². The third-order valence-corrected chi connectivity index (χ3v) is 12.2. The first-order valence-electron chi connectivity index (χ1n) is 15.8. The molecule has 4 saturated carbocycles. The Morgan fingerprint density at radius 3 is 2.46 bits per heavy atom. The summed E-state index contributed by atoms with van der Waals surface area (Å²) < 4.78 is 11.1. The van der Waals surface area contributed by atoms with E-state index in [0.29, 0.717) is 18.3 Å². The average Bonchev–Trinajstić information content (AvgIpc) is 3.15. The standard InChI is InChI=1S/C32H47N3O6/c1-19(36)41-26-17-32(39)25-6-5-21-16-23(35-29(38)34-22-10-14-33-15-11-22)8-12-30(21,2)24(25)9-13-31(32,3)28(26)20-4-7-27(37)40-18-20/h4,7,18,21-26,28,33,39H,5-6,8-17H2,1-3H3,(H2,34,35,38). The maximum atomic E-state index is 12.8. The van der Waals surface area contributed by atoms with Crippen LogP contribution in [-0.4, -0.2) is 54.0 Å². The average molecular weight is 570 g/mol. The monoisotopic (exact) mass is 569 g/mol. The minimum absolute atomic E-state index is 0.0350. The number of piperidine rings is 1. The molecule has 1 aromatic rings. The van der Waals surface area contributed by atoms with Crippen LogP contribution in [0.4, 0.5) is 4.79 Å². The van der Waals surface area contributed by atoms with Gasteiger partial charge in [-0.3, -0.25) is 4.79 Å². The molecule has 226 valence electrons. The number of aliphatic hydroxyl groups is 1. The van der Waals surface area contributed by atoms with Gasteiger partial charge in [0.15, 0.2) is 0 Å². The van der Waals surface area contributed by atoms with E-state index in [9.17, 15) is 19.5 Å². The Balaban J connectivity index is 1.19. The van der Waals surface area contributed by atoms with Crippen LogP contribution in [0, 0.1) is 28.6 Å². The van der Waals surface area contributed by atoms with E-state index in [1.807, 2.05) is 0 Å². The first kappa shape index (κ1) is 28.7. The van der Waals surface area contributed by atoms with Gasteiger partial charge in [0.05, 0.1) is 11.9 Å². The van der Waals surface area contributed by atoms with Gasteiger partial charge in [0.2, 0.25) is 0 Å². The molecule has 41 heavy (non-hydrogen) atoms. The Morgan fingerprint density at radius 1 is 1.00 bits per heavy atom. The molecule has 9 nitrogen and oxygen atoms in total. The fraction of sp³-hybridized carbons (Fsp3) is 0.781. The molecule has 5 fully saturated rings. The molecule has 4 N–H and O–H groups in total. The minimum Gasteiger partial charge on any atom is -0.462 e. The Bertz CT molecular complexity index is 1190. The molecule has 6 rings (SSSR count). The van der Waals surface area contributed by atoms with Crippen molar-refractivity contribution in [1.82, 2.24) is 16.0 Å². The Labute approximate surface area is 242 Å². The maximum absolute atomic E-state index is 12.8. The van der Waals surface area contributed by atoms with Crippen molar-refractivity contribution in [3.63, 3.8) is 0 Å². The van der Waals surface area contributed by atoms with Crippen LogP contribution in [0.2, 0.25) is 0 Å². The molecule has 1 aliphatic heterocycles. The van der Waals surface area contributed by atoms with Gasteiger partial charge in [-0.15, -0.1) is 0 Å². The van der Waals surface area contributed by atoms with Gasteiger partial charge >= 0.3 is 17.6 Å². The van der Waals surface area contributed by atoms with Gasteiger partial charge < -0.3 is 30.2 Å². The van der Waals surface area contributed by atoms with Crippen LogP contribution in [0.5, 0.6) is 0 Å². The number of carbonyl (C=O) groups is 2. The van der Waals surface area contributed by atoms with Crippen LogP contribution in [0.1, 0.15) is 96.5 Å². The van der Waals surface area contributed by atoms with E-state index < -0.39 is 22.7 Å². The Kier molecular flexibility index (Phi) is 7.50. The number of nitrogens with one attached hydrogen (secondary N) is 3. The summed E-state index contributed by atoms with van der Waals surface area (Å²) in [5, 5.41) is 22.5. The molecule has 5 aliphatic rings. The molecule has 0 bridgehead atoms. The summed E-state index contributed by atoms with van der Waals surface area (Å²) in [4.78, 5) is 36.7. The summed E-state index contributed by atoms with van der Waals surface area (Å²) in [5.41, 5.74) is -1.02. The van der Waals surface area contributed by atoms with Gasteiger partial charge in [0.1, 0.15) is 6.10 Å². The normalized spacial score (nSPS) is 42.3. The van der Waals surface area contributed by atoms with Crippen molar-refractivity contribution in [3.8, 4) is 0 Å². The van der Waals surface area contributed by atoms with Crippen LogP contribution >= 0.6 is 0 Å². The minimum atomic E-state index is -0.991. The Morgan fingerprint density at radius 2 is 1.76 bits per heavy atom. The number of fused-ring (bicyclic) bond motifs is 5. The number of hydrogen-bond acceptors (Lipinski definition) is 7. The lowest BCUT2D eigenvalue weighted by Crippen LogP contribution is -2.62. The molecule has 1 aromatic heterocycles. The topological polar surface area (TPSA) is 130 Å². The van der Waals surface area contributed by atoms with Gasteiger partial charge in [-0.2, -0.15) is 0 Å². The highest BCUT2D eigenvalue weighted by Gasteiger charge is 2.70. The smallest absolute Gasteiger partial charge is 0.335 e. The molecule has 0 aromatic carbocycles. The molecule has 1 saturated heterocycles. The zero-order valence-electron chi connectivity index (χ0n) is 24.7. The molecule has 9 unspecified atom stereocenters. The van der Waals surface area contributed by atoms with Crippen LogP contribution in [-0.2, 0) is 9.53 Å². The van der Waals surface area contributed by atoms with Crippen molar-refractivity contribution in [3.05, 3.63) is 34.4 Å². The lowest BCUT2D eigenvalue weighted by atomic mass is 9.43. The number of ether oxygens (including phenoxy) is 1. The second-order valence-corrected chi connectivity index (χ2v) is 14.2. The largest absolute Gasteiger partial charge is 0.462 e.